The van der Waals surface area contributed by atoms with Crippen LogP contribution in [0.4, 0.5) is 11.4 Å². The lowest BCUT2D eigenvalue weighted by Gasteiger charge is -2.39. The Hall–Kier alpha value is -2.22. The van der Waals surface area contributed by atoms with Crippen LogP contribution in [-0.4, -0.2) is 45.5 Å². The molecule has 0 amide bonds. The van der Waals surface area contributed by atoms with E-state index in [-0.39, 0.29) is 29.5 Å². The van der Waals surface area contributed by atoms with Gasteiger partial charge in [0, 0.05) is 51.4 Å². The zero-order valence-electron chi connectivity index (χ0n) is 22.6. The molecule has 1 heterocycles. The Morgan fingerprint density at radius 1 is 1.03 bits per heavy atom. The van der Waals surface area contributed by atoms with Crippen LogP contribution in [0.25, 0.3) is 0 Å². The van der Waals surface area contributed by atoms with E-state index in [2.05, 4.69) is 22.3 Å². The first-order valence-electron chi connectivity index (χ1n) is 14.3. The largest absolute Gasteiger partial charge is 0.385 e. The number of methoxy groups -OCH3 is 1. The number of anilines is 2. The van der Waals surface area contributed by atoms with Crippen LogP contribution in [0.1, 0.15) is 76.4 Å². The first kappa shape index (κ1) is 27.8. The molecule has 4 atom stereocenters. The minimum Gasteiger partial charge on any atom is -0.385 e. The maximum atomic E-state index is 12.8. The third-order valence-corrected chi connectivity index (χ3v) is 8.28. The lowest BCUT2D eigenvalue weighted by molar-refractivity contribution is -0.00235. The van der Waals surface area contributed by atoms with E-state index in [0.717, 1.165) is 37.8 Å². The van der Waals surface area contributed by atoms with Gasteiger partial charge in [-0.05, 0) is 44.1 Å². The molecule has 2 aliphatic rings. The topological polar surface area (TPSA) is 93.9 Å². The molecule has 1 aliphatic heterocycles. The summed E-state index contributed by atoms with van der Waals surface area (Å²) in [7, 11) is 1.70. The molecule has 0 unspecified atom stereocenters. The van der Waals surface area contributed by atoms with Crippen molar-refractivity contribution in [3.63, 3.8) is 0 Å². The summed E-state index contributed by atoms with van der Waals surface area (Å²) >= 11 is 0. The highest BCUT2D eigenvalue weighted by Gasteiger charge is 2.35. The van der Waals surface area contributed by atoms with Crippen LogP contribution in [0.5, 0.6) is 0 Å². The number of rotatable bonds is 13. The van der Waals surface area contributed by atoms with Crippen molar-refractivity contribution < 1.29 is 9.47 Å². The highest BCUT2D eigenvalue weighted by atomic mass is 16.5. The molecule has 0 radical (unpaired) electrons. The number of nitrogens with two attached hydrogens (primary N) is 1. The van der Waals surface area contributed by atoms with Crippen molar-refractivity contribution in [3.8, 4) is 0 Å². The fourth-order valence-corrected chi connectivity index (χ4v) is 6.21. The van der Waals surface area contributed by atoms with E-state index < -0.39 is 5.43 Å². The van der Waals surface area contributed by atoms with Gasteiger partial charge in [0.05, 0.1) is 6.10 Å². The zero-order chi connectivity index (χ0) is 26.2. The number of nitrogens with one attached hydrogen (secondary N) is 1. The van der Waals surface area contributed by atoms with Crippen molar-refractivity contribution in [3.05, 3.63) is 56.3 Å². The van der Waals surface area contributed by atoms with Crippen molar-refractivity contribution in [2.75, 3.05) is 43.6 Å². The number of hydrogen-bond donors (Lipinski definition) is 2. The predicted octanol–water partition coefficient (Wildman–Crippen LogP) is 4.39. The molecular weight excluding hydrogens is 466 g/mol. The average molecular weight is 512 g/mol. The van der Waals surface area contributed by atoms with Gasteiger partial charge in [-0.15, -0.1) is 0 Å². The minimum atomic E-state index is -0.401. The molecule has 2 fully saturated rings. The Labute approximate surface area is 221 Å². The van der Waals surface area contributed by atoms with Crippen LogP contribution in [0.15, 0.2) is 39.9 Å². The molecule has 7 nitrogen and oxygen atoms in total. The molecule has 0 spiro atoms. The summed E-state index contributed by atoms with van der Waals surface area (Å²) in [6.07, 6.45) is 9.99. The maximum absolute atomic E-state index is 12.8. The second-order valence-corrected chi connectivity index (χ2v) is 11.1. The monoisotopic (exact) mass is 511 g/mol. The quantitative estimate of drug-likeness (QED) is 0.304. The van der Waals surface area contributed by atoms with E-state index in [4.69, 9.17) is 15.2 Å². The third kappa shape index (κ3) is 7.01. The van der Waals surface area contributed by atoms with Gasteiger partial charge in [0.1, 0.15) is 11.4 Å². The molecule has 4 rings (SSSR count). The first-order valence-corrected chi connectivity index (χ1v) is 14.3. The Balaban J connectivity index is 1.48. The number of piperidine rings is 1. The second-order valence-electron chi connectivity index (χ2n) is 11.1. The van der Waals surface area contributed by atoms with Crippen LogP contribution in [0.3, 0.4) is 0 Å². The summed E-state index contributed by atoms with van der Waals surface area (Å²) in [5.41, 5.74) is 7.76. The van der Waals surface area contributed by atoms with Gasteiger partial charge in [-0.1, -0.05) is 62.4 Å². The standard InChI is InChI=1S/C30H45N3O4/c1-21(31)25(19-22-11-5-3-6-12-22)32-26-27(29(35)28(26)34)33-16-9-15-24(20-33)30(37-18-10-17-36-2)23-13-7-4-8-14-23/h4,7-8,13-14,21-22,24-25,30,32H,3,5-6,9-12,15-20,31H2,1-2H3/t21-,24+,25-,30-/m0/s1. The van der Waals surface area contributed by atoms with Crippen molar-refractivity contribution in [1.82, 2.24) is 0 Å². The van der Waals surface area contributed by atoms with E-state index in [1.54, 1.807) is 7.11 Å². The number of benzene rings is 1. The van der Waals surface area contributed by atoms with Crippen LogP contribution >= 0.6 is 0 Å². The van der Waals surface area contributed by atoms with Gasteiger partial charge >= 0.3 is 0 Å². The normalized spacial score (nSPS) is 21.6. The molecule has 2 aromatic rings. The lowest BCUT2D eigenvalue weighted by atomic mass is 9.83. The van der Waals surface area contributed by atoms with Gasteiger partial charge in [0.25, 0.3) is 10.9 Å². The molecule has 3 N–H and O–H groups in total. The van der Waals surface area contributed by atoms with E-state index >= 15 is 0 Å². The van der Waals surface area contributed by atoms with Gasteiger partial charge in [-0.3, -0.25) is 9.59 Å². The van der Waals surface area contributed by atoms with Gasteiger partial charge in [0.15, 0.2) is 0 Å². The number of nitrogens with zero attached hydrogens (tertiary/aromatic N) is 1. The Kier molecular flexibility index (Phi) is 10.2. The summed E-state index contributed by atoms with van der Waals surface area (Å²) < 4.78 is 11.6. The molecule has 2 aromatic carbocycles. The van der Waals surface area contributed by atoms with Gasteiger partial charge < -0.3 is 25.4 Å². The van der Waals surface area contributed by atoms with Crippen LogP contribution in [-0.2, 0) is 9.47 Å². The predicted molar refractivity (Wildman–Crippen MR) is 150 cm³/mol. The number of ether oxygens (including phenoxy) is 2. The van der Waals surface area contributed by atoms with Crippen LogP contribution in [0, 0.1) is 11.8 Å². The molecule has 1 aliphatic carbocycles. The SMILES string of the molecule is COCCCO[C@@H](c1ccccc1)[C@@H]1CCCN(c2c(N[C@@H](CC3CCCCC3)[C@H](C)N)c(=O)c2=O)C1. The van der Waals surface area contributed by atoms with Gasteiger partial charge in [-0.25, -0.2) is 0 Å². The van der Waals surface area contributed by atoms with Crippen molar-refractivity contribution in [2.45, 2.75) is 82.9 Å². The second kappa shape index (κ2) is 13.5. The minimum absolute atomic E-state index is 0.00748. The van der Waals surface area contributed by atoms with Crippen molar-refractivity contribution >= 4 is 11.4 Å². The van der Waals surface area contributed by atoms with Crippen molar-refractivity contribution in [1.29, 1.82) is 0 Å². The molecule has 0 aromatic heterocycles. The Bertz CT molecular complexity index is 1030. The summed E-state index contributed by atoms with van der Waals surface area (Å²) in [5, 5.41) is 3.45. The third-order valence-electron chi connectivity index (χ3n) is 8.28. The van der Waals surface area contributed by atoms with Crippen LogP contribution in [0.2, 0.25) is 0 Å². The van der Waals surface area contributed by atoms with Crippen LogP contribution < -0.4 is 26.8 Å². The highest BCUT2D eigenvalue weighted by Crippen LogP contribution is 2.36. The highest BCUT2D eigenvalue weighted by molar-refractivity contribution is 5.75. The molecule has 7 heteroatoms. The Morgan fingerprint density at radius 2 is 1.78 bits per heavy atom. The van der Waals surface area contributed by atoms with E-state index in [1.165, 1.54) is 32.1 Å². The molecule has 1 saturated heterocycles. The molecule has 0 bridgehead atoms. The first-order chi connectivity index (χ1) is 18.0. The molecule has 37 heavy (non-hydrogen) atoms. The fourth-order valence-electron chi connectivity index (χ4n) is 6.21. The summed E-state index contributed by atoms with van der Waals surface area (Å²) in [6, 6.07) is 10.2. The van der Waals surface area contributed by atoms with Crippen molar-refractivity contribution in [2.24, 2.45) is 17.6 Å². The lowest BCUT2D eigenvalue weighted by Crippen LogP contribution is -2.50. The molecular formula is C30H45N3O4. The van der Waals surface area contributed by atoms with Gasteiger partial charge in [-0.2, -0.15) is 0 Å². The maximum Gasteiger partial charge on any atom is 0.253 e. The fraction of sp³-hybridized carbons (Fsp3) is 0.667. The zero-order valence-corrected chi connectivity index (χ0v) is 22.6. The van der Waals surface area contributed by atoms with Gasteiger partial charge in [0.2, 0.25) is 0 Å². The summed E-state index contributed by atoms with van der Waals surface area (Å²) in [4.78, 5) is 27.7. The molecule has 1 saturated carbocycles. The number of hydrogen-bond acceptors (Lipinski definition) is 7. The van der Waals surface area contributed by atoms with E-state index in [0.29, 0.717) is 37.1 Å². The smallest absolute Gasteiger partial charge is 0.253 e. The van der Waals surface area contributed by atoms with E-state index in [1.807, 2.05) is 25.1 Å². The van der Waals surface area contributed by atoms with E-state index in [9.17, 15) is 9.59 Å². The summed E-state index contributed by atoms with van der Waals surface area (Å²) in [5.74, 6) is 0.857. The average Bonchev–Trinajstić information content (AvgIpc) is 2.93. The Morgan fingerprint density at radius 3 is 2.49 bits per heavy atom. The molecule has 204 valence electrons. The summed E-state index contributed by atoms with van der Waals surface area (Å²) in [6.45, 7) is 4.74.